The molecular weight excluding hydrogens is 136 g/mol. The fourth-order valence-electron chi connectivity index (χ4n) is 1.26. The van der Waals surface area contributed by atoms with Gasteiger partial charge in [0.05, 0.1) is 0 Å². The lowest BCUT2D eigenvalue weighted by Crippen LogP contribution is -1.97. The summed E-state index contributed by atoms with van der Waals surface area (Å²) in [5.74, 6) is 1.51. The Labute approximate surface area is 65.7 Å². The summed E-state index contributed by atoms with van der Waals surface area (Å²) in [6.07, 6.45) is 13.2. The van der Waals surface area contributed by atoms with Gasteiger partial charge in [0.2, 0.25) is 0 Å². The molecule has 0 bridgehead atoms. The van der Waals surface area contributed by atoms with Gasteiger partial charge in [0.15, 0.2) is 0 Å². The van der Waals surface area contributed by atoms with Crippen LogP contribution in [0.25, 0.3) is 0 Å². The molecule has 0 aromatic carbocycles. The molecule has 2 heteroatoms. The minimum absolute atomic E-state index is 0.454. The Kier molecular flexibility index (Phi) is 1.60. The van der Waals surface area contributed by atoms with Crippen molar-refractivity contribution in [3.8, 4) is 0 Å². The minimum atomic E-state index is 0.454. The first-order valence-corrected chi connectivity index (χ1v) is 3.79. The minimum Gasteiger partial charge on any atom is -0.348 e. The first-order chi connectivity index (χ1) is 5.47. The van der Waals surface area contributed by atoms with Crippen LogP contribution >= 0.6 is 0 Å². The second-order valence-corrected chi connectivity index (χ2v) is 2.63. The third-order valence-corrected chi connectivity index (χ3v) is 1.85. The molecule has 0 saturated heterocycles. The van der Waals surface area contributed by atoms with Crippen LogP contribution in [0.1, 0.15) is 18.2 Å². The molecule has 1 N–H and O–H groups in total. The molecule has 0 aliphatic heterocycles. The zero-order chi connectivity index (χ0) is 7.52. The third-order valence-electron chi connectivity index (χ3n) is 1.85. The van der Waals surface area contributed by atoms with Crippen molar-refractivity contribution in [2.24, 2.45) is 0 Å². The maximum atomic E-state index is 4.20. The van der Waals surface area contributed by atoms with Crippen LogP contribution in [0.3, 0.4) is 0 Å². The number of nitrogens with one attached hydrogen (secondary N) is 1. The van der Waals surface area contributed by atoms with Crippen molar-refractivity contribution >= 4 is 0 Å². The summed E-state index contributed by atoms with van der Waals surface area (Å²) >= 11 is 0. The van der Waals surface area contributed by atoms with E-state index in [2.05, 4.69) is 34.3 Å². The van der Waals surface area contributed by atoms with Crippen molar-refractivity contribution in [3.05, 3.63) is 42.5 Å². The molecule has 1 aliphatic carbocycles. The zero-order valence-corrected chi connectivity index (χ0v) is 6.20. The molecule has 2 nitrogen and oxygen atoms in total. The standard InChI is InChI=1S/C9H10N2/c1-2-4-8(5-3-1)9-10-6-7-11-9/h1-4,6-8H,5H2,(H,10,11). The SMILES string of the molecule is C1=CCC(c2ncc[nH]2)C=C1. The number of aromatic amines is 1. The number of nitrogens with zero attached hydrogens (tertiary/aromatic N) is 1. The van der Waals surface area contributed by atoms with Gasteiger partial charge in [0, 0.05) is 18.3 Å². The molecule has 1 aliphatic rings. The second-order valence-electron chi connectivity index (χ2n) is 2.63. The van der Waals surface area contributed by atoms with Crippen molar-refractivity contribution in [1.82, 2.24) is 9.97 Å². The van der Waals surface area contributed by atoms with Gasteiger partial charge < -0.3 is 4.98 Å². The van der Waals surface area contributed by atoms with E-state index in [0.717, 1.165) is 12.2 Å². The Morgan fingerprint density at radius 3 is 3.09 bits per heavy atom. The smallest absolute Gasteiger partial charge is 0.113 e. The highest BCUT2D eigenvalue weighted by Crippen LogP contribution is 2.20. The highest BCUT2D eigenvalue weighted by molar-refractivity contribution is 5.19. The van der Waals surface area contributed by atoms with Gasteiger partial charge in [0.1, 0.15) is 5.82 Å². The van der Waals surface area contributed by atoms with Crippen LogP contribution in [0.4, 0.5) is 0 Å². The zero-order valence-electron chi connectivity index (χ0n) is 6.20. The van der Waals surface area contributed by atoms with Crippen LogP contribution in [0.2, 0.25) is 0 Å². The predicted octanol–water partition coefficient (Wildman–Crippen LogP) is 2.01. The van der Waals surface area contributed by atoms with E-state index >= 15 is 0 Å². The van der Waals surface area contributed by atoms with Gasteiger partial charge >= 0.3 is 0 Å². The average Bonchev–Trinajstić information content (AvgIpc) is 2.58. The van der Waals surface area contributed by atoms with Gasteiger partial charge in [-0.3, -0.25) is 0 Å². The lowest BCUT2D eigenvalue weighted by Gasteiger charge is -2.08. The van der Waals surface area contributed by atoms with E-state index in [-0.39, 0.29) is 0 Å². The van der Waals surface area contributed by atoms with Gasteiger partial charge in [-0.15, -0.1) is 0 Å². The fourth-order valence-corrected chi connectivity index (χ4v) is 1.26. The monoisotopic (exact) mass is 146 g/mol. The lowest BCUT2D eigenvalue weighted by molar-refractivity contribution is 0.790. The highest BCUT2D eigenvalue weighted by Gasteiger charge is 2.09. The first-order valence-electron chi connectivity index (χ1n) is 3.79. The van der Waals surface area contributed by atoms with Crippen LogP contribution in [-0.4, -0.2) is 9.97 Å². The molecule has 1 aromatic rings. The van der Waals surface area contributed by atoms with Crippen LogP contribution in [0, 0.1) is 0 Å². The summed E-state index contributed by atoms with van der Waals surface area (Å²) in [5.41, 5.74) is 0. The molecule has 1 heterocycles. The maximum absolute atomic E-state index is 4.20. The normalized spacial score (nSPS) is 22.4. The van der Waals surface area contributed by atoms with Gasteiger partial charge in [-0.25, -0.2) is 4.98 Å². The quantitative estimate of drug-likeness (QED) is 0.645. The van der Waals surface area contributed by atoms with Crippen molar-refractivity contribution in [2.75, 3.05) is 0 Å². The molecular formula is C9H10N2. The average molecular weight is 146 g/mol. The summed E-state index contributed by atoms with van der Waals surface area (Å²) in [6.45, 7) is 0. The van der Waals surface area contributed by atoms with Gasteiger partial charge in [-0.1, -0.05) is 24.3 Å². The van der Waals surface area contributed by atoms with Crippen LogP contribution in [0.5, 0.6) is 0 Å². The van der Waals surface area contributed by atoms with Crippen molar-refractivity contribution in [1.29, 1.82) is 0 Å². The van der Waals surface area contributed by atoms with Crippen LogP contribution < -0.4 is 0 Å². The summed E-state index contributed by atoms with van der Waals surface area (Å²) < 4.78 is 0. The third kappa shape index (κ3) is 1.24. The molecule has 1 atom stereocenters. The Bertz CT molecular complexity index is 270. The fraction of sp³-hybridized carbons (Fsp3) is 0.222. The molecule has 11 heavy (non-hydrogen) atoms. The number of imidazole rings is 1. The molecule has 0 saturated carbocycles. The van der Waals surface area contributed by atoms with E-state index in [1.165, 1.54) is 0 Å². The molecule has 0 fully saturated rings. The maximum Gasteiger partial charge on any atom is 0.113 e. The summed E-state index contributed by atoms with van der Waals surface area (Å²) in [4.78, 5) is 7.31. The molecule has 0 radical (unpaired) electrons. The number of H-pyrrole nitrogens is 1. The lowest BCUT2D eigenvalue weighted by atomic mass is 10.0. The van der Waals surface area contributed by atoms with Crippen LogP contribution in [0.15, 0.2) is 36.7 Å². The topological polar surface area (TPSA) is 28.7 Å². The molecule has 2 rings (SSSR count). The van der Waals surface area contributed by atoms with Crippen molar-refractivity contribution < 1.29 is 0 Å². The van der Waals surface area contributed by atoms with E-state index in [1.807, 2.05) is 6.20 Å². The molecule has 0 spiro atoms. The molecule has 0 amide bonds. The molecule has 56 valence electrons. The van der Waals surface area contributed by atoms with Crippen molar-refractivity contribution in [2.45, 2.75) is 12.3 Å². The summed E-state index contributed by atoms with van der Waals surface area (Å²) in [6, 6.07) is 0. The predicted molar refractivity (Wildman–Crippen MR) is 44.2 cm³/mol. The number of rotatable bonds is 1. The van der Waals surface area contributed by atoms with Crippen molar-refractivity contribution in [3.63, 3.8) is 0 Å². The number of hydrogen-bond donors (Lipinski definition) is 1. The summed E-state index contributed by atoms with van der Waals surface area (Å²) in [5, 5.41) is 0. The van der Waals surface area contributed by atoms with Gasteiger partial charge in [-0.05, 0) is 6.42 Å². The van der Waals surface area contributed by atoms with E-state index in [4.69, 9.17) is 0 Å². The largest absolute Gasteiger partial charge is 0.348 e. The van der Waals surface area contributed by atoms with E-state index in [9.17, 15) is 0 Å². The number of hydrogen-bond acceptors (Lipinski definition) is 1. The van der Waals surface area contributed by atoms with Gasteiger partial charge in [0.25, 0.3) is 0 Å². The number of aromatic nitrogens is 2. The Morgan fingerprint density at radius 2 is 2.45 bits per heavy atom. The molecule has 1 aromatic heterocycles. The van der Waals surface area contributed by atoms with Crippen LogP contribution in [-0.2, 0) is 0 Å². The Morgan fingerprint density at radius 1 is 1.45 bits per heavy atom. The Balaban J connectivity index is 2.19. The highest BCUT2D eigenvalue weighted by atomic mass is 14.9. The van der Waals surface area contributed by atoms with E-state index in [1.54, 1.807) is 6.20 Å². The van der Waals surface area contributed by atoms with E-state index < -0.39 is 0 Å². The first kappa shape index (κ1) is 6.40. The second kappa shape index (κ2) is 2.74. The van der Waals surface area contributed by atoms with E-state index in [0.29, 0.717) is 5.92 Å². The Hall–Kier alpha value is -1.31. The molecule has 1 unspecified atom stereocenters. The van der Waals surface area contributed by atoms with Gasteiger partial charge in [-0.2, -0.15) is 0 Å². The summed E-state index contributed by atoms with van der Waals surface area (Å²) in [7, 11) is 0. The number of allylic oxidation sites excluding steroid dienone is 4.